The van der Waals surface area contributed by atoms with Crippen LogP contribution in [0.15, 0.2) is 119 Å². The first-order chi connectivity index (χ1) is 21.7. The zero-order valence-electron chi connectivity index (χ0n) is 23.8. The SMILES string of the molecule is CC(Sc1cccc(NC(=O)/C(=C/c2ccc(F)cc2)NC(=O)c2ccccc2)c1)C(=O)Nc1nc(-c2ccccc2Cl)cs1. The molecule has 226 valence electrons. The summed E-state index contributed by atoms with van der Waals surface area (Å²) in [5.74, 6) is -1.70. The molecule has 3 N–H and O–H groups in total. The lowest BCUT2D eigenvalue weighted by atomic mass is 10.1. The molecule has 0 aliphatic rings. The normalized spacial score (nSPS) is 11.8. The molecule has 0 saturated heterocycles. The molecule has 7 nitrogen and oxygen atoms in total. The number of hydrogen-bond acceptors (Lipinski definition) is 6. The van der Waals surface area contributed by atoms with Crippen LogP contribution in [0.4, 0.5) is 15.2 Å². The van der Waals surface area contributed by atoms with E-state index in [0.29, 0.717) is 32.7 Å². The number of nitrogens with zero attached hydrogens (tertiary/aromatic N) is 1. The fourth-order valence-electron chi connectivity index (χ4n) is 4.10. The van der Waals surface area contributed by atoms with Gasteiger partial charge in [0, 0.05) is 32.1 Å². The molecule has 5 aromatic rings. The van der Waals surface area contributed by atoms with Gasteiger partial charge in [0.15, 0.2) is 5.13 Å². The van der Waals surface area contributed by atoms with Gasteiger partial charge < -0.3 is 16.0 Å². The van der Waals surface area contributed by atoms with Crippen LogP contribution in [0.3, 0.4) is 0 Å². The number of halogens is 2. The first-order valence-corrected chi connectivity index (χ1v) is 15.8. The van der Waals surface area contributed by atoms with Gasteiger partial charge in [0.05, 0.1) is 10.9 Å². The van der Waals surface area contributed by atoms with E-state index < -0.39 is 22.9 Å². The van der Waals surface area contributed by atoms with Crippen molar-refractivity contribution in [2.75, 3.05) is 10.6 Å². The number of amides is 3. The number of nitrogens with one attached hydrogen (secondary N) is 3. The number of benzene rings is 4. The second-order valence-corrected chi connectivity index (χ2v) is 12.4. The summed E-state index contributed by atoms with van der Waals surface area (Å²) in [6.45, 7) is 1.77. The molecule has 0 fully saturated rings. The van der Waals surface area contributed by atoms with Crippen molar-refractivity contribution in [3.8, 4) is 11.3 Å². The number of hydrogen-bond donors (Lipinski definition) is 3. The van der Waals surface area contributed by atoms with Crippen molar-refractivity contribution in [2.24, 2.45) is 0 Å². The third kappa shape index (κ3) is 8.66. The molecule has 11 heteroatoms. The van der Waals surface area contributed by atoms with Gasteiger partial charge in [-0.2, -0.15) is 0 Å². The largest absolute Gasteiger partial charge is 0.321 e. The summed E-state index contributed by atoms with van der Waals surface area (Å²) in [6.07, 6.45) is 1.47. The Morgan fingerprint density at radius 3 is 2.40 bits per heavy atom. The Balaban J connectivity index is 1.25. The monoisotopic (exact) mass is 656 g/mol. The van der Waals surface area contributed by atoms with E-state index in [9.17, 15) is 18.8 Å². The van der Waals surface area contributed by atoms with Crippen LogP contribution in [0.2, 0.25) is 5.02 Å². The number of anilines is 2. The summed E-state index contributed by atoms with van der Waals surface area (Å²) in [5, 5.41) is 10.7. The fraction of sp³-hybridized carbons (Fsp3) is 0.0588. The van der Waals surface area contributed by atoms with E-state index in [1.807, 2.05) is 29.6 Å². The Hall–Kier alpha value is -4.77. The molecule has 0 bridgehead atoms. The van der Waals surface area contributed by atoms with Crippen LogP contribution in [0.1, 0.15) is 22.8 Å². The highest BCUT2D eigenvalue weighted by Gasteiger charge is 2.19. The molecule has 0 aliphatic heterocycles. The summed E-state index contributed by atoms with van der Waals surface area (Å²) in [6, 6.07) is 28.4. The average Bonchev–Trinajstić information content (AvgIpc) is 3.50. The van der Waals surface area contributed by atoms with Crippen LogP contribution in [-0.2, 0) is 9.59 Å². The van der Waals surface area contributed by atoms with Gasteiger partial charge in [0.2, 0.25) is 5.91 Å². The predicted octanol–water partition coefficient (Wildman–Crippen LogP) is 8.13. The number of thioether (sulfide) groups is 1. The molecule has 5 rings (SSSR count). The van der Waals surface area contributed by atoms with E-state index in [1.165, 1.54) is 53.4 Å². The van der Waals surface area contributed by atoms with Gasteiger partial charge >= 0.3 is 0 Å². The highest BCUT2D eigenvalue weighted by molar-refractivity contribution is 8.00. The van der Waals surface area contributed by atoms with E-state index >= 15 is 0 Å². The summed E-state index contributed by atoms with van der Waals surface area (Å²) in [7, 11) is 0. The second kappa shape index (κ2) is 14.8. The Bertz CT molecular complexity index is 1860. The standard InChI is InChI=1S/C34H26ClFN4O3S2/c1-21(31(41)40-34-39-30(20-44-34)27-12-5-6-13-28(27)35)45-26-11-7-10-25(19-26)37-33(43)29(18-22-14-16-24(36)17-15-22)38-32(42)23-8-3-2-4-9-23/h2-21H,1H3,(H,37,43)(H,38,42)(H,39,40,41)/b29-18-. The third-order valence-electron chi connectivity index (χ3n) is 6.37. The molecule has 0 spiro atoms. The van der Waals surface area contributed by atoms with Crippen molar-refractivity contribution in [1.29, 1.82) is 0 Å². The van der Waals surface area contributed by atoms with Crippen molar-refractivity contribution >= 4 is 69.3 Å². The van der Waals surface area contributed by atoms with E-state index in [1.54, 1.807) is 61.5 Å². The highest BCUT2D eigenvalue weighted by atomic mass is 35.5. The molecule has 45 heavy (non-hydrogen) atoms. The number of aromatic nitrogens is 1. The minimum absolute atomic E-state index is 0.0270. The van der Waals surface area contributed by atoms with Crippen LogP contribution >= 0.6 is 34.7 Å². The Labute approximate surface area is 272 Å². The first-order valence-electron chi connectivity index (χ1n) is 13.7. The summed E-state index contributed by atoms with van der Waals surface area (Å²) < 4.78 is 13.5. The summed E-state index contributed by atoms with van der Waals surface area (Å²) >= 11 is 8.90. The highest BCUT2D eigenvalue weighted by Crippen LogP contribution is 2.31. The van der Waals surface area contributed by atoms with Crippen LogP contribution in [0, 0.1) is 5.82 Å². The quantitative estimate of drug-likeness (QED) is 0.104. The van der Waals surface area contributed by atoms with Gasteiger partial charge in [-0.25, -0.2) is 9.37 Å². The maximum absolute atomic E-state index is 13.5. The van der Waals surface area contributed by atoms with Crippen LogP contribution < -0.4 is 16.0 Å². The molecule has 0 aliphatic carbocycles. The van der Waals surface area contributed by atoms with Crippen molar-refractivity contribution in [3.05, 3.63) is 136 Å². The number of carbonyl (C=O) groups excluding carboxylic acids is 3. The molecule has 0 radical (unpaired) electrons. The first kappa shape index (κ1) is 31.6. The van der Waals surface area contributed by atoms with Crippen molar-refractivity contribution in [3.63, 3.8) is 0 Å². The van der Waals surface area contributed by atoms with Gasteiger partial charge in [-0.05, 0) is 67.1 Å². The second-order valence-electron chi connectivity index (χ2n) is 9.68. The Kier molecular flexibility index (Phi) is 10.4. The molecule has 1 heterocycles. The number of carbonyl (C=O) groups is 3. The molecular weight excluding hydrogens is 631 g/mol. The number of thiazole rings is 1. The maximum atomic E-state index is 13.5. The molecule has 1 atom stereocenters. The average molecular weight is 657 g/mol. The number of rotatable bonds is 10. The molecular formula is C34H26ClFN4O3S2. The minimum Gasteiger partial charge on any atom is -0.321 e. The van der Waals surface area contributed by atoms with E-state index in [4.69, 9.17) is 11.6 Å². The molecule has 1 aromatic heterocycles. The third-order valence-corrected chi connectivity index (χ3v) is 8.55. The zero-order chi connectivity index (χ0) is 31.8. The lowest BCUT2D eigenvalue weighted by Gasteiger charge is -2.13. The smallest absolute Gasteiger partial charge is 0.272 e. The Morgan fingerprint density at radius 2 is 1.64 bits per heavy atom. The maximum Gasteiger partial charge on any atom is 0.272 e. The van der Waals surface area contributed by atoms with Crippen LogP contribution in [0.5, 0.6) is 0 Å². The summed E-state index contributed by atoms with van der Waals surface area (Å²) in [4.78, 5) is 44.4. The fourth-order valence-corrected chi connectivity index (χ4v) is 5.97. The van der Waals surface area contributed by atoms with Gasteiger partial charge in [0.25, 0.3) is 11.8 Å². The van der Waals surface area contributed by atoms with Crippen molar-refractivity contribution < 1.29 is 18.8 Å². The zero-order valence-corrected chi connectivity index (χ0v) is 26.2. The van der Waals surface area contributed by atoms with Crippen molar-refractivity contribution in [1.82, 2.24) is 10.3 Å². The van der Waals surface area contributed by atoms with E-state index in [0.717, 1.165) is 10.5 Å². The van der Waals surface area contributed by atoms with Crippen LogP contribution in [0.25, 0.3) is 17.3 Å². The molecule has 1 unspecified atom stereocenters. The topological polar surface area (TPSA) is 100 Å². The van der Waals surface area contributed by atoms with Gasteiger partial charge in [-0.15, -0.1) is 23.1 Å². The Morgan fingerprint density at radius 1 is 0.911 bits per heavy atom. The lowest BCUT2D eigenvalue weighted by molar-refractivity contribution is -0.115. The predicted molar refractivity (Wildman–Crippen MR) is 180 cm³/mol. The van der Waals surface area contributed by atoms with Crippen LogP contribution in [-0.4, -0.2) is 28.0 Å². The summed E-state index contributed by atoms with van der Waals surface area (Å²) in [5.41, 5.74) is 2.80. The minimum atomic E-state index is -0.574. The van der Waals surface area contributed by atoms with Crippen molar-refractivity contribution in [2.45, 2.75) is 17.1 Å². The lowest BCUT2D eigenvalue weighted by Crippen LogP contribution is -2.30. The molecule has 0 saturated carbocycles. The van der Waals surface area contributed by atoms with Gasteiger partial charge in [-0.3, -0.25) is 14.4 Å². The van der Waals surface area contributed by atoms with Gasteiger partial charge in [-0.1, -0.05) is 66.2 Å². The molecule has 4 aromatic carbocycles. The molecule has 3 amide bonds. The van der Waals surface area contributed by atoms with E-state index in [2.05, 4.69) is 20.9 Å². The van der Waals surface area contributed by atoms with E-state index in [-0.39, 0.29) is 11.6 Å². The van der Waals surface area contributed by atoms with Gasteiger partial charge in [0.1, 0.15) is 11.5 Å².